The number of aromatic nitrogens is 1. The van der Waals surface area contributed by atoms with Crippen molar-refractivity contribution in [2.75, 3.05) is 14.2 Å². The van der Waals surface area contributed by atoms with Crippen LogP contribution < -0.4 is 15.0 Å². The van der Waals surface area contributed by atoms with Gasteiger partial charge < -0.3 is 9.47 Å². The van der Waals surface area contributed by atoms with Crippen LogP contribution in [0.2, 0.25) is 0 Å². The number of nitrogens with zero attached hydrogens (tertiary/aromatic N) is 3. The smallest absolute Gasteiger partial charge is 0.289 e. The Hall–Kier alpha value is -3.07. The van der Waals surface area contributed by atoms with Crippen molar-refractivity contribution in [1.82, 2.24) is 4.68 Å². The van der Waals surface area contributed by atoms with Crippen LogP contribution in [0.3, 0.4) is 0 Å². The van der Waals surface area contributed by atoms with Crippen molar-refractivity contribution < 1.29 is 9.47 Å². The Morgan fingerprint density at radius 2 is 2.00 bits per heavy atom. The minimum atomic E-state index is -0.442. The van der Waals surface area contributed by atoms with Gasteiger partial charge in [-0.05, 0) is 37.6 Å². The van der Waals surface area contributed by atoms with E-state index in [4.69, 9.17) is 14.7 Å². The van der Waals surface area contributed by atoms with Gasteiger partial charge in [-0.1, -0.05) is 6.07 Å². The van der Waals surface area contributed by atoms with E-state index in [2.05, 4.69) is 5.10 Å². The first-order valence-electron chi connectivity index (χ1n) is 6.92. The number of rotatable bonds is 4. The van der Waals surface area contributed by atoms with Gasteiger partial charge in [-0.25, -0.2) is 4.68 Å². The maximum atomic E-state index is 12.3. The third kappa shape index (κ3) is 3.09. The van der Waals surface area contributed by atoms with Gasteiger partial charge in [-0.3, -0.25) is 4.79 Å². The summed E-state index contributed by atoms with van der Waals surface area (Å²) in [6, 6.07) is 9.04. The van der Waals surface area contributed by atoms with Gasteiger partial charge in [0.25, 0.3) is 5.56 Å². The fourth-order valence-corrected chi connectivity index (χ4v) is 2.29. The zero-order valence-corrected chi connectivity index (χ0v) is 13.5. The lowest BCUT2D eigenvalue weighted by atomic mass is 10.1. The van der Waals surface area contributed by atoms with Crippen LogP contribution in [0.25, 0.3) is 0 Å². The molecule has 0 radical (unpaired) electrons. The fraction of sp³-hybridized carbons (Fsp3) is 0.235. The number of para-hydroxylation sites is 1. The van der Waals surface area contributed by atoms with E-state index in [-0.39, 0.29) is 5.56 Å². The zero-order valence-electron chi connectivity index (χ0n) is 13.5. The first-order chi connectivity index (χ1) is 11.0. The van der Waals surface area contributed by atoms with Crippen LogP contribution in [0.1, 0.15) is 22.4 Å². The van der Waals surface area contributed by atoms with E-state index in [1.807, 2.05) is 6.07 Å². The molecule has 1 aromatic heterocycles. The van der Waals surface area contributed by atoms with Crippen LogP contribution in [0.15, 0.2) is 34.2 Å². The largest absolute Gasteiger partial charge is 0.493 e. The van der Waals surface area contributed by atoms with Gasteiger partial charge in [0, 0.05) is 11.3 Å². The van der Waals surface area contributed by atoms with Gasteiger partial charge in [-0.15, -0.1) is 0 Å². The van der Waals surface area contributed by atoms with Crippen LogP contribution in [0, 0.1) is 25.2 Å². The molecule has 0 fully saturated rings. The molecule has 0 amide bonds. The number of ether oxygens (including phenoxy) is 2. The summed E-state index contributed by atoms with van der Waals surface area (Å²) in [6.45, 7) is 3.49. The molecule has 0 atom stereocenters. The molecule has 0 spiro atoms. The molecule has 6 nitrogen and oxygen atoms in total. The molecule has 2 aromatic rings. The van der Waals surface area contributed by atoms with E-state index in [0.29, 0.717) is 28.3 Å². The van der Waals surface area contributed by atoms with Crippen molar-refractivity contribution in [3.63, 3.8) is 0 Å². The van der Waals surface area contributed by atoms with E-state index in [0.717, 1.165) is 0 Å². The summed E-state index contributed by atoms with van der Waals surface area (Å²) in [4.78, 5) is 12.3. The molecule has 0 N–H and O–H groups in total. The minimum absolute atomic E-state index is 0.0883. The van der Waals surface area contributed by atoms with Crippen LogP contribution in [-0.4, -0.2) is 25.1 Å². The summed E-state index contributed by atoms with van der Waals surface area (Å²) < 4.78 is 11.8. The molecule has 118 valence electrons. The molecule has 6 heteroatoms. The fourth-order valence-electron chi connectivity index (χ4n) is 2.29. The topological polar surface area (TPSA) is 76.6 Å². The number of aryl methyl sites for hydroxylation is 2. The highest BCUT2D eigenvalue weighted by Gasteiger charge is 2.10. The Bertz CT molecular complexity index is 861. The molecule has 0 unspecified atom stereocenters. The number of nitriles is 1. The molecule has 0 bridgehead atoms. The van der Waals surface area contributed by atoms with Gasteiger partial charge in [0.2, 0.25) is 0 Å². The molecule has 23 heavy (non-hydrogen) atoms. The number of methoxy groups -OCH3 is 2. The van der Waals surface area contributed by atoms with Crippen LogP contribution in [0.4, 0.5) is 0 Å². The van der Waals surface area contributed by atoms with Gasteiger partial charge in [0.1, 0.15) is 11.6 Å². The second-order valence-electron chi connectivity index (χ2n) is 4.90. The van der Waals surface area contributed by atoms with Crippen molar-refractivity contribution in [3.05, 3.63) is 57.0 Å². The molecule has 0 aliphatic heterocycles. The highest BCUT2D eigenvalue weighted by atomic mass is 16.5. The first-order valence-corrected chi connectivity index (χ1v) is 6.92. The summed E-state index contributed by atoms with van der Waals surface area (Å²) in [5, 5.41) is 13.3. The van der Waals surface area contributed by atoms with E-state index < -0.39 is 5.56 Å². The predicted octanol–water partition coefficient (Wildman–Crippen LogP) is 2.24. The number of hydrogen-bond acceptors (Lipinski definition) is 5. The second kappa shape index (κ2) is 6.79. The lowest BCUT2D eigenvalue weighted by Gasteiger charge is -2.10. The average Bonchev–Trinajstić information content (AvgIpc) is 2.54. The van der Waals surface area contributed by atoms with E-state index >= 15 is 0 Å². The minimum Gasteiger partial charge on any atom is -0.493 e. The Kier molecular flexibility index (Phi) is 4.82. The number of benzene rings is 1. The molecule has 0 saturated carbocycles. The van der Waals surface area contributed by atoms with Crippen molar-refractivity contribution in [3.8, 4) is 17.6 Å². The molecular weight excluding hydrogens is 294 g/mol. The molecule has 0 aliphatic carbocycles. The molecular formula is C17H17N3O3. The summed E-state index contributed by atoms with van der Waals surface area (Å²) >= 11 is 0. The third-order valence-electron chi connectivity index (χ3n) is 3.42. The van der Waals surface area contributed by atoms with Crippen molar-refractivity contribution in [1.29, 1.82) is 5.26 Å². The lowest BCUT2D eigenvalue weighted by Crippen LogP contribution is -2.22. The van der Waals surface area contributed by atoms with Gasteiger partial charge in [0.05, 0.1) is 20.4 Å². The number of hydrogen-bond donors (Lipinski definition) is 0. The molecule has 0 saturated heterocycles. The summed E-state index contributed by atoms with van der Waals surface area (Å²) in [6.07, 6.45) is 1.51. The quantitative estimate of drug-likeness (QED) is 0.811. The van der Waals surface area contributed by atoms with E-state index in [1.54, 1.807) is 45.2 Å². The predicted molar refractivity (Wildman–Crippen MR) is 87.4 cm³/mol. The van der Waals surface area contributed by atoms with Crippen LogP contribution >= 0.6 is 0 Å². The van der Waals surface area contributed by atoms with E-state index in [9.17, 15) is 4.79 Å². The highest BCUT2D eigenvalue weighted by Crippen LogP contribution is 2.29. The zero-order chi connectivity index (χ0) is 17.0. The van der Waals surface area contributed by atoms with E-state index in [1.165, 1.54) is 18.0 Å². The van der Waals surface area contributed by atoms with Crippen LogP contribution in [-0.2, 0) is 0 Å². The average molecular weight is 311 g/mol. The monoisotopic (exact) mass is 311 g/mol. The highest BCUT2D eigenvalue weighted by molar-refractivity contribution is 5.85. The summed E-state index contributed by atoms with van der Waals surface area (Å²) in [5.41, 5.74) is 1.59. The van der Waals surface area contributed by atoms with Crippen molar-refractivity contribution >= 4 is 6.21 Å². The molecule has 2 rings (SSSR count). The summed E-state index contributed by atoms with van der Waals surface area (Å²) in [5.74, 6) is 1.10. The number of pyridine rings is 1. The Balaban J connectivity index is 2.55. The first kappa shape index (κ1) is 16.3. The molecule has 1 heterocycles. The Labute approximate surface area is 134 Å². The second-order valence-corrected chi connectivity index (χ2v) is 4.90. The maximum Gasteiger partial charge on any atom is 0.289 e. The normalized spacial score (nSPS) is 10.6. The Morgan fingerprint density at radius 3 is 2.61 bits per heavy atom. The molecule has 0 aliphatic rings. The SMILES string of the molecule is COc1cccc(/C=N/n2c(C)cc(C)c(C#N)c2=O)c1OC. The van der Waals surface area contributed by atoms with Gasteiger partial charge in [-0.2, -0.15) is 10.4 Å². The summed E-state index contributed by atoms with van der Waals surface area (Å²) in [7, 11) is 3.08. The lowest BCUT2D eigenvalue weighted by molar-refractivity contribution is 0.354. The van der Waals surface area contributed by atoms with Gasteiger partial charge >= 0.3 is 0 Å². The maximum absolute atomic E-state index is 12.3. The van der Waals surface area contributed by atoms with Crippen molar-refractivity contribution in [2.45, 2.75) is 13.8 Å². The Morgan fingerprint density at radius 1 is 1.26 bits per heavy atom. The van der Waals surface area contributed by atoms with Crippen molar-refractivity contribution in [2.24, 2.45) is 5.10 Å². The standard InChI is InChI=1S/C17H17N3O3/c1-11-8-12(2)20(17(21)14(11)9-18)19-10-13-6-5-7-15(22-3)16(13)23-4/h5-8,10H,1-4H3/b19-10+. The van der Waals surface area contributed by atoms with Crippen LogP contribution in [0.5, 0.6) is 11.5 Å². The van der Waals surface area contributed by atoms with Gasteiger partial charge in [0.15, 0.2) is 11.5 Å². The molecule has 1 aromatic carbocycles. The third-order valence-corrected chi connectivity index (χ3v) is 3.42.